The Morgan fingerprint density at radius 2 is 2.57 bits per heavy atom. The number of rotatable bonds is 1. The zero-order chi connectivity index (χ0) is 9.54. The van der Waals surface area contributed by atoms with Crippen molar-refractivity contribution in [2.75, 3.05) is 13.1 Å². The van der Waals surface area contributed by atoms with E-state index in [1.54, 1.807) is 0 Å². The Labute approximate surface area is 83.5 Å². The molecule has 3 N–H and O–H groups in total. The zero-order valence-electron chi connectivity index (χ0n) is 8.24. The van der Waals surface area contributed by atoms with E-state index in [1.165, 1.54) is 24.4 Å². The van der Waals surface area contributed by atoms with E-state index in [0.29, 0.717) is 12.0 Å². The monoisotopic (exact) mass is 192 g/mol. The molecule has 3 rings (SSSR count). The lowest BCUT2D eigenvalue weighted by molar-refractivity contribution is 0.221. The van der Waals surface area contributed by atoms with Crippen LogP contribution in [-0.4, -0.2) is 34.0 Å². The predicted octanol–water partition coefficient (Wildman–Crippen LogP) is 0.115. The summed E-state index contributed by atoms with van der Waals surface area (Å²) in [6, 6.07) is 0.694. The zero-order valence-corrected chi connectivity index (χ0v) is 8.24. The molecule has 4 heteroatoms. The molecule has 2 aliphatic heterocycles. The first-order chi connectivity index (χ1) is 6.86. The number of hydrogen-bond donors (Lipinski definition) is 2. The van der Waals surface area contributed by atoms with Gasteiger partial charge in [-0.3, -0.25) is 4.90 Å². The van der Waals surface area contributed by atoms with E-state index in [0.717, 1.165) is 19.5 Å². The molecule has 2 atom stereocenters. The number of nitrogens with one attached hydrogen (secondary N) is 1. The highest BCUT2D eigenvalue weighted by Crippen LogP contribution is 2.30. The molecular weight excluding hydrogens is 176 g/mol. The van der Waals surface area contributed by atoms with Crippen LogP contribution in [0.4, 0.5) is 0 Å². The van der Waals surface area contributed by atoms with Gasteiger partial charge in [-0.2, -0.15) is 0 Å². The fourth-order valence-corrected chi connectivity index (χ4v) is 2.75. The lowest BCUT2D eigenvalue weighted by atomic mass is 10.0. The van der Waals surface area contributed by atoms with Gasteiger partial charge in [0.05, 0.1) is 17.7 Å². The van der Waals surface area contributed by atoms with Gasteiger partial charge in [0.1, 0.15) is 0 Å². The van der Waals surface area contributed by atoms with Crippen LogP contribution in [0, 0.1) is 5.92 Å². The molecule has 1 aromatic heterocycles. The Hall–Kier alpha value is -0.870. The highest BCUT2D eigenvalue weighted by molar-refractivity contribution is 5.17. The Morgan fingerprint density at radius 3 is 3.43 bits per heavy atom. The standard InChI is InChI=1S/C10H16N4/c11-3-7-1-8-2-9-10(13-6-12-9)5-14(8)4-7/h6-8H,1-5,11H2,(H,12,13). The summed E-state index contributed by atoms with van der Waals surface area (Å²) in [6.45, 7) is 3.03. The van der Waals surface area contributed by atoms with Gasteiger partial charge in [-0.15, -0.1) is 0 Å². The third-order valence-corrected chi connectivity index (χ3v) is 3.55. The first kappa shape index (κ1) is 8.44. The molecule has 76 valence electrons. The minimum absolute atomic E-state index is 0.694. The van der Waals surface area contributed by atoms with E-state index in [-0.39, 0.29) is 0 Å². The third kappa shape index (κ3) is 1.18. The number of fused-ring (bicyclic) bond motifs is 2. The predicted molar refractivity (Wildman–Crippen MR) is 53.7 cm³/mol. The molecular formula is C10H16N4. The first-order valence-electron chi connectivity index (χ1n) is 5.32. The fourth-order valence-electron chi connectivity index (χ4n) is 2.75. The Balaban J connectivity index is 1.82. The average molecular weight is 192 g/mol. The van der Waals surface area contributed by atoms with E-state index < -0.39 is 0 Å². The van der Waals surface area contributed by atoms with Crippen molar-refractivity contribution < 1.29 is 0 Å². The molecule has 0 radical (unpaired) electrons. The topological polar surface area (TPSA) is 57.9 Å². The van der Waals surface area contributed by atoms with E-state index in [2.05, 4.69) is 14.9 Å². The summed E-state index contributed by atoms with van der Waals surface area (Å²) in [6.07, 6.45) is 4.17. The molecule has 14 heavy (non-hydrogen) atoms. The Kier molecular flexibility index (Phi) is 1.85. The molecule has 4 nitrogen and oxygen atoms in total. The number of hydrogen-bond acceptors (Lipinski definition) is 3. The minimum Gasteiger partial charge on any atom is -0.347 e. The fraction of sp³-hybridized carbons (Fsp3) is 0.700. The van der Waals surface area contributed by atoms with E-state index in [9.17, 15) is 0 Å². The van der Waals surface area contributed by atoms with Crippen LogP contribution in [0.15, 0.2) is 6.33 Å². The van der Waals surface area contributed by atoms with Crippen molar-refractivity contribution in [1.82, 2.24) is 14.9 Å². The van der Waals surface area contributed by atoms with Crippen LogP contribution in [-0.2, 0) is 13.0 Å². The van der Waals surface area contributed by atoms with Crippen LogP contribution in [0.5, 0.6) is 0 Å². The van der Waals surface area contributed by atoms with Crippen LogP contribution in [0.3, 0.4) is 0 Å². The highest BCUT2D eigenvalue weighted by Gasteiger charge is 2.35. The SMILES string of the molecule is NCC1CC2Cc3nc[nH]c3CN2C1. The van der Waals surface area contributed by atoms with Gasteiger partial charge in [0.25, 0.3) is 0 Å². The van der Waals surface area contributed by atoms with Crippen molar-refractivity contribution in [3.8, 4) is 0 Å². The average Bonchev–Trinajstić information content (AvgIpc) is 2.77. The summed E-state index contributed by atoms with van der Waals surface area (Å²) >= 11 is 0. The van der Waals surface area contributed by atoms with Crippen LogP contribution < -0.4 is 5.73 Å². The van der Waals surface area contributed by atoms with Crippen molar-refractivity contribution in [3.63, 3.8) is 0 Å². The smallest absolute Gasteiger partial charge is 0.0925 e. The Morgan fingerprint density at radius 1 is 1.64 bits per heavy atom. The number of nitrogens with zero attached hydrogens (tertiary/aromatic N) is 2. The molecule has 1 saturated heterocycles. The first-order valence-corrected chi connectivity index (χ1v) is 5.32. The molecule has 2 aliphatic rings. The summed E-state index contributed by atoms with van der Waals surface area (Å²) in [5.41, 5.74) is 8.29. The van der Waals surface area contributed by atoms with Crippen molar-refractivity contribution in [2.45, 2.75) is 25.4 Å². The maximum atomic E-state index is 5.72. The van der Waals surface area contributed by atoms with Gasteiger partial charge in [-0.25, -0.2) is 4.98 Å². The van der Waals surface area contributed by atoms with Gasteiger partial charge in [-0.05, 0) is 18.9 Å². The quantitative estimate of drug-likeness (QED) is 0.664. The van der Waals surface area contributed by atoms with Gasteiger partial charge in [-0.1, -0.05) is 0 Å². The molecule has 0 saturated carbocycles. The van der Waals surface area contributed by atoms with Crippen LogP contribution in [0.2, 0.25) is 0 Å². The van der Waals surface area contributed by atoms with Gasteiger partial charge in [0.15, 0.2) is 0 Å². The molecule has 1 fully saturated rings. The molecule has 0 aliphatic carbocycles. The second-order valence-corrected chi connectivity index (χ2v) is 4.45. The normalized spacial score (nSPS) is 31.5. The van der Waals surface area contributed by atoms with Gasteiger partial charge in [0.2, 0.25) is 0 Å². The number of aromatic amines is 1. The number of H-pyrrole nitrogens is 1. The number of aromatic nitrogens is 2. The second-order valence-electron chi connectivity index (χ2n) is 4.45. The van der Waals surface area contributed by atoms with Crippen molar-refractivity contribution in [1.29, 1.82) is 0 Å². The van der Waals surface area contributed by atoms with Gasteiger partial charge in [0, 0.05) is 25.6 Å². The van der Waals surface area contributed by atoms with Crippen LogP contribution in [0.1, 0.15) is 17.8 Å². The second kappa shape index (κ2) is 3.07. The van der Waals surface area contributed by atoms with Crippen molar-refractivity contribution in [2.24, 2.45) is 11.7 Å². The van der Waals surface area contributed by atoms with Crippen LogP contribution in [0.25, 0.3) is 0 Å². The molecule has 0 spiro atoms. The van der Waals surface area contributed by atoms with E-state index in [1.807, 2.05) is 6.33 Å². The molecule has 2 unspecified atom stereocenters. The molecule has 0 bridgehead atoms. The summed E-state index contributed by atoms with van der Waals surface area (Å²) in [5.74, 6) is 0.698. The molecule has 1 aromatic rings. The number of imidazole rings is 1. The van der Waals surface area contributed by atoms with Crippen molar-refractivity contribution in [3.05, 3.63) is 17.7 Å². The third-order valence-electron chi connectivity index (χ3n) is 3.55. The van der Waals surface area contributed by atoms with Crippen molar-refractivity contribution >= 4 is 0 Å². The molecule has 0 amide bonds. The molecule has 0 aromatic carbocycles. The summed E-state index contributed by atoms with van der Waals surface area (Å²) in [7, 11) is 0. The largest absolute Gasteiger partial charge is 0.347 e. The van der Waals surface area contributed by atoms with Gasteiger partial charge < -0.3 is 10.7 Å². The highest BCUT2D eigenvalue weighted by atomic mass is 15.2. The summed E-state index contributed by atoms with van der Waals surface area (Å²) < 4.78 is 0. The lowest BCUT2D eigenvalue weighted by Gasteiger charge is -2.28. The van der Waals surface area contributed by atoms with E-state index in [4.69, 9.17) is 5.73 Å². The lowest BCUT2D eigenvalue weighted by Crippen LogP contribution is -2.35. The Bertz CT molecular complexity index is 304. The summed E-state index contributed by atoms with van der Waals surface area (Å²) in [5, 5.41) is 0. The van der Waals surface area contributed by atoms with Gasteiger partial charge >= 0.3 is 0 Å². The maximum Gasteiger partial charge on any atom is 0.0925 e. The summed E-state index contributed by atoms with van der Waals surface area (Å²) in [4.78, 5) is 10.1. The molecule has 3 heterocycles. The minimum atomic E-state index is 0.694. The number of nitrogens with two attached hydrogens (primary N) is 1. The maximum absolute atomic E-state index is 5.72. The van der Waals surface area contributed by atoms with Crippen LogP contribution >= 0.6 is 0 Å². The van der Waals surface area contributed by atoms with E-state index >= 15 is 0 Å².